The second kappa shape index (κ2) is 3.52. The lowest BCUT2D eigenvalue weighted by molar-refractivity contribution is -0.421. The molecule has 0 saturated heterocycles. The van der Waals surface area contributed by atoms with Crippen LogP contribution in [0.5, 0.6) is 0 Å². The highest BCUT2D eigenvalue weighted by Gasteiger charge is 2.32. The molecule has 1 aromatic rings. The van der Waals surface area contributed by atoms with E-state index in [1.54, 1.807) is 0 Å². The van der Waals surface area contributed by atoms with Crippen LogP contribution in [0.15, 0.2) is 9.10 Å². The summed E-state index contributed by atoms with van der Waals surface area (Å²) in [6, 6.07) is 0. The van der Waals surface area contributed by atoms with Crippen molar-refractivity contribution < 1.29 is 9.85 Å². The summed E-state index contributed by atoms with van der Waals surface area (Å²) in [5, 5.41) is 20.2. The van der Waals surface area contributed by atoms with Crippen LogP contribution in [0.4, 0.5) is 10.7 Å². The number of thiophene rings is 1. The van der Waals surface area contributed by atoms with E-state index in [1.807, 2.05) is 0 Å². The van der Waals surface area contributed by atoms with Crippen molar-refractivity contribution in [1.82, 2.24) is 0 Å². The fourth-order valence-electron chi connectivity index (χ4n) is 0.679. The van der Waals surface area contributed by atoms with Gasteiger partial charge >= 0.3 is 10.7 Å². The van der Waals surface area contributed by atoms with Crippen LogP contribution in [0.3, 0.4) is 0 Å². The minimum absolute atomic E-state index is 0.0648. The Morgan fingerprint density at radius 3 is 2.00 bits per heavy atom. The first-order valence-corrected chi connectivity index (χ1v) is 4.49. The van der Waals surface area contributed by atoms with E-state index < -0.39 is 20.5 Å². The van der Waals surface area contributed by atoms with Crippen molar-refractivity contribution in [3.05, 3.63) is 20.2 Å². The van der Waals surface area contributed by atoms with Crippen LogP contribution in [0.2, 0.25) is 0 Å². The molecule has 0 radical (unpaired) electrons. The minimum atomic E-state index is -0.837. The first-order valence-electron chi connectivity index (χ1n) is 2.78. The second-order valence-corrected chi connectivity index (χ2v) is 4.12. The molecular weight excluding hydrogens is 236 g/mol. The molecule has 70 valence electrons. The van der Waals surface area contributed by atoms with Crippen LogP contribution in [0.25, 0.3) is 0 Å². The topological polar surface area (TPSA) is 86.3 Å². The van der Waals surface area contributed by atoms with E-state index in [4.69, 9.17) is 0 Å². The van der Waals surface area contributed by atoms with Crippen molar-refractivity contribution in [2.24, 2.45) is 0 Å². The normalized spacial score (nSPS) is 10.0. The van der Waals surface area contributed by atoms with Gasteiger partial charge in [-0.25, -0.2) is 0 Å². The highest BCUT2D eigenvalue weighted by Crippen LogP contribution is 2.44. The first kappa shape index (κ1) is 10.3. The Morgan fingerprint density at radius 2 is 1.69 bits per heavy atom. The molecule has 9 heteroatoms. The van der Waals surface area contributed by atoms with Crippen LogP contribution in [-0.4, -0.2) is 9.85 Å². The molecule has 13 heavy (non-hydrogen) atoms. The summed E-state index contributed by atoms with van der Waals surface area (Å²) < 4.78 is 0.168. The van der Waals surface area contributed by atoms with Gasteiger partial charge in [0.15, 0.2) is 0 Å². The molecule has 6 nitrogen and oxygen atoms in total. The number of nitrogens with zero attached hydrogens (tertiary/aromatic N) is 2. The fourth-order valence-corrected chi connectivity index (χ4v) is 2.17. The lowest BCUT2D eigenvalue weighted by Crippen LogP contribution is -1.92. The fraction of sp³-hybridized carbons (Fsp3) is 0. The molecule has 0 saturated carbocycles. The zero-order chi connectivity index (χ0) is 10.2. The van der Waals surface area contributed by atoms with Crippen LogP contribution in [0, 0.1) is 20.2 Å². The molecular formula is C4H2N2O4S3. The van der Waals surface area contributed by atoms with Gasteiger partial charge < -0.3 is 0 Å². The maximum atomic E-state index is 10.4. The zero-order valence-corrected chi connectivity index (χ0v) is 8.44. The predicted octanol–water partition coefficient (Wildman–Crippen LogP) is 2.14. The lowest BCUT2D eigenvalue weighted by atomic mass is 10.5. The van der Waals surface area contributed by atoms with Crippen molar-refractivity contribution in [3.8, 4) is 0 Å². The Kier molecular flexibility index (Phi) is 2.78. The smallest absolute Gasteiger partial charge is 0.258 e. The summed E-state index contributed by atoms with van der Waals surface area (Å²) >= 11 is 8.19. The molecule has 0 aromatic carbocycles. The van der Waals surface area contributed by atoms with Gasteiger partial charge in [0, 0.05) is 0 Å². The number of hydrogen-bond donors (Lipinski definition) is 2. The molecule has 0 amide bonds. The van der Waals surface area contributed by atoms with E-state index in [-0.39, 0.29) is 9.10 Å². The van der Waals surface area contributed by atoms with Gasteiger partial charge in [-0.3, -0.25) is 20.2 Å². The minimum Gasteiger partial charge on any atom is -0.258 e. The van der Waals surface area contributed by atoms with E-state index >= 15 is 0 Å². The predicted molar refractivity (Wildman–Crippen MR) is 52.1 cm³/mol. The molecule has 0 bridgehead atoms. The van der Waals surface area contributed by atoms with Gasteiger partial charge in [0.1, 0.15) is 4.90 Å². The third-order valence-electron chi connectivity index (χ3n) is 1.17. The molecule has 0 spiro atoms. The Hall–Kier alpha value is -0.800. The van der Waals surface area contributed by atoms with Crippen molar-refractivity contribution in [3.63, 3.8) is 0 Å². The summed E-state index contributed by atoms with van der Waals surface area (Å²) in [5.74, 6) is 0. The quantitative estimate of drug-likeness (QED) is 0.469. The zero-order valence-electron chi connectivity index (χ0n) is 5.83. The van der Waals surface area contributed by atoms with Gasteiger partial charge in [0.05, 0.1) is 14.1 Å². The molecule has 0 fully saturated rings. The van der Waals surface area contributed by atoms with Gasteiger partial charge in [-0.05, 0) is 11.3 Å². The van der Waals surface area contributed by atoms with E-state index in [0.29, 0.717) is 11.3 Å². The summed E-state index contributed by atoms with van der Waals surface area (Å²) in [6.45, 7) is 0. The monoisotopic (exact) mass is 238 g/mol. The molecule has 1 heterocycles. The number of thiol groups is 2. The molecule has 0 atom stereocenters. The molecule has 0 aliphatic rings. The SMILES string of the molecule is O=[N+]([O-])c1sc(S)c(S)c1[N+](=O)[O-]. The largest absolute Gasteiger partial charge is 0.403 e. The summed E-state index contributed by atoms with van der Waals surface area (Å²) in [6.07, 6.45) is 0. The third-order valence-corrected chi connectivity index (χ3v) is 3.36. The van der Waals surface area contributed by atoms with Gasteiger partial charge in [0.25, 0.3) is 0 Å². The van der Waals surface area contributed by atoms with Crippen LogP contribution in [-0.2, 0) is 0 Å². The van der Waals surface area contributed by atoms with Crippen molar-refractivity contribution >= 4 is 47.3 Å². The summed E-state index contributed by atoms with van der Waals surface area (Å²) in [7, 11) is 0. The van der Waals surface area contributed by atoms with E-state index in [0.717, 1.165) is 0 Å². The number of nitro groups is 2. The Bertz CT molecular complexity index is 387. The average molecular weight is 238 g/mol. The average Bonchev–Trinajstić information content (AvgIpc) is 2.28. The Labute approximate surface area is 86.7 Å². The maximum Gasteiger partial charge on any atom is 0.403 e. The highest BCUT2D eigenvalue weighted by atomic mass is 32.2. The third kappa shape index (κ3) is 1.76. The Morgan fingerprint density at radius 1 is 1.15 bits per heavy atom. The van der Waals surface area contributed by atoms with E-state index in [1.165, 1.54) is 0 Å². The number of rotatable bonds is 2. The molecule has 1 rings (SSSR count). The molecule has 0 aliphatic carbocycles. The van der Waals surface area contributed by atoms with Crippen molar-refractivity contribution in [2.75, 3.05) is 0 Å². The van der Waals surface area contributed by atoms with Gasteiger partial charge in [-0.1, -0.05) is 0 Å². The van der Waals surface area contributed by atoms with Crippen molar-refractivity contribution in [2.45, 2.75) is 9.10 Å². The summed E-state index contributed by atoms with van der Waals surface area (Å²) in [4.78, 5) is 19.0. The number of hydrogen-bond acceptors (Lipinski definition) is 7. The first-order chi connectivity index (χ1) is 5.95. The van der Waals surface area contributed by atoms with E-state index in [2.05, 4.69) is 25.3 Å². The van der Waals surface area contributed by atoms with Crippen LogP contribution in [0.1, 0.15) is 0 Å². The van der Waals surface area contributed by atoms with Crippen LogP contribution < -0.4 is 0 Å². The van der Waals surface area contributed by atoms with Crippen LogP contribution >= 0.6 is 36.6 Å². The second-order valence-electron chi connectivity index (χ2n) is 1.92. The highest BCUT2D eigenvalue weighted by molar-refractivity contribution is 7.85. The standard InChI is InChI=1S/C4H2N2O4S3/c7-5(8)1-2(11)4(12)13-3(1)6(9)10/h11-12H. The van der Waals surface area contributed by atoms with Gasteiger partial charge in [-0.2, -0.15) is 0 Å². The molecule has 0 unspecified atom stereocenters. The van der Waals surface area contributed by atoms with Crippen molar-refractivity contribution in [1.29, 1.82) is 0 Å². The molecule has 1 aromatic heterocycles. The Balaban J connectivity index is 3.44. The van der Waals surface area contributed by atoms with Gasteiger partial charge in [0.2, 0.25) is 0 Å². The van der Waals surface area contributed by atoms with Gasteiger partial charge in [-0.15, -0.1) is 25.3 Å². The molecule has 0 N–H and O–H groups in total. The molecule has 0 aliphatic heterocycles. The lowest BCUT2D eigenvalue weighted by Gasteiger charge is -1.87. The summed E-state index contributed by atoms with van der Waals surface area (Å²) in [5.41, 5.74) is -0.594. The van der Waals surface area contributed by atoms with E-state index in [9.17, 15) is 20.2 Å². The maximum absolute atomic E-state index is 10.4.